The van der Waals surface area contributed by atoms with E-state index in [2.05, 4.69) is 4.65 Å². The second kappa shape index (κ2) is 3.25. The molecule has 0 saturated carbocycles. The lowest BCUT2D eigenvalue weighted by Gasteiger charge is -2.04. The molecule has 5 heteroatoms. The van der Waals surface area contributed by atoms with E-state index in [1.54, 1.807) is 0 Å². The van der Waals surface area contributed by atoms with Crippen LogP contribution in [0.3, 0.4) is 0 Å². The topological polar surface area (TPSA) is 49.7 Å². The Morgan fingerprint density at radius 3 is 2.73 bits per heavy atom. The summed E-state index contributed by atoms with van der Waals surface area (Å²) in [5.74, 6) is -1.34. The third kappa shape index (κ3) is 1.62. The zero-order chi connectivity index (χ0) is 8.27. The van der Waals surface area contributed by atoms with Crippen LogP contribution in [0.4, 0.5) is 4.39 Å². The summed E-state index contributed by atoms with van der Waals surface area (Å²) in [7, 11) is -0.658. The fourth-order valence-electron chi connectivity index (χ4n) is 0.705. The number of para-hydroxylation sites is 1. The van der Waals surface area contributed by atoms with Crippen LogP contribution in [-0.4, -0.2) is 17.8 Å². The van der Waals surface area contributed by atoms with Crippen molar-refractivity contribution < 1.29 is 19.2 Å². The van der Waals surface area contributed by atoms with Crippen molar-refractivity contribution in [1.82, 2.24) is 0 Å². The largest absolute Gasteiger partial charge is 0.534 e. The van der Waals surface area contributed by atoms with Gasteiger partial charge in [0.05, 0.1) is 0 Å². The number of hydrogen-bond donors (Lipinski definition) is 2. The Balaban J connectivity index is 3.00. The third-order valence-corrected chi connectivity index (χ3v) is 1.16. The highest BCUT2D eigenvalue weighted by Gasteiger charge is 2.07. The molecule has 58 valence electrons. The van der Waals surface area contributed by atoms with Gasteiger partial charge in [0, 0.05) is 0 Å². The summed E-state index contributed by atoms with van der Waals surface area (Å²) in [5.41, 5.74) is 0. The molecule has 0 aliphatic heterocycles. The lowest BCUT2D eigenvalue weighted by atomic mass is 10.3. The molecule has 3 nitrogen and oxygen atoms in total. The SMILES string of the molecule is OBOc1c(O)cccc1F. The summed E-state index contributed by atoms with van der Waals surface area (Å²) in [6.45, 7) is 0. The maximum Gasteiger partial charge on any atom is 0.504 e. The first-order valence-electron chi connectivity index (χ1n) is 2.97. The maximum absolute atomic E-state index is 12.6. The number of benzene rings is 1. The van der Waals surface area contributed by atoms with Crippen LogP contribution in [0.1, 0.15) is 0 Å². The van der Waals surface area contributed by atoms with E-state index in [4.69, 9.17) is 10.1 Å². The minimum absolute atomic E-state index is 0.320. The van der Waals surface area contributed by atoms with Crippen LogP contribution in [0.5, 0.6) is 11.5 Å². The van der Waals surface area contributed by atoms with E-state index >= 15 is 0 Å². The van der Waals surface area contributed by atoms with Crippen LogP contribution in [0.25, 0.3) is 0 Å². The molecule has 0 amide bonds. The van der Waals surface area contributed by atoms with E-state index in [-0.39, 0.29) is 11.5 Å². The van der Waals surface area contributed by atoms with Crippen molar-refractivity contribution in [2.24, 2.45) is 0 Å². The van der Waals surface area contributed by atoms with Crippen molar-refractivity contribution in [3.63, 3.8) is 0 Å². The molecule has 0 fully saturated rings. The smallest absolute Gasteiger partial charge is 0.504 e. The molecule has 0 unspecified atom stereocenters. The van der Waals surface area contributed by atoms with Crippen LogP contribution in [-0.2, 0) is 0 Å². The molecular weight excluding hydrogens is 150 g/mol. The van der Waals surface area contributed by atoms with Gasteiger partial charge >= 0.3 is 7.69 Å². The number of aromatic hydroxyl groups is 1. The first kappa shape index (κ1) is 7.88. The zero-order valence-corrected chi connectivity index (χ0v) is 5.62. The van der Waals surface area contributed by atoms with Gasteiger partial charge in [-0.1, -0.05) is 6.07 Å². The van der Waals surface area contributed by atoms with Gasteiger partial charge in [-0.25, -0.2) is 4.39 Å². The summed E-state index contributed by atoms with van der Waals surface area (Å²) in [6, 6.07) is 3.74. The Bertz CT molecular complexity index is 233. The molecule has 1 rings (SSSR count). The lowest BCUT2D eigenvalue weighted by Crippen LogP contribution is -2.01. The van der Waals surface area contributed by atoms with Crippen molar-refractivity contribution in [2.45, 2.75) is 0 Å². The van der Waals surface area contributed by atoms with Crippen molar-refractivity contribution in [2.75, 3.05) is 0 Å². The average molecular weight is 156 g/mol. The molecule has 0 aliphatic rings. The number of rotatable bonds is 2. The van der Waals surface area contributed by atoms with Crippen LogP contribution in [0.2, 0.25) is 0 Å². The van der Waals surface area contributed by atoms with Gasteiger partial charge in [0.1, 0.15) is 0 Å². The van der Waals surface area contributed by atoms with Crippen molar-refractivity contribution in [3.05, 3.63) is 24.0 Å². The fourth-order valence-corrected chi connectivity index (χ4v) is 0.705. The average Bonchev–Trinajstić information content (AvgIpc) is 1.97. The van der Waals surface area contributed by atoms with E-state index in [1.165, 1.54) is 12.1 Å². The summed E-state index contributed by atoms with van der Waals surface area (Å²) in [4.78, 5) is 0. The molecule has 1 aromatic rings. The minimum Gasteiger partial charge on any atom is -0.534 e. The number of hydrogen-bond acceptors (Lipinski definition) is 3. The summed E-state index contributed by atoms with van der Waals surface area (Å²) in [5, 5.41) is 17.2. The molecule has 11 heavy (non-hydrogen) atoms. The highest BCUT2D eigenvalue weighted by molar-refractivity contribution is 6.17. The molecule has 0 saturated heterocycles. The molecule has 0 heterocycles. The van der Waals surface area contributed by atoms with Gasteiger partial charge in [0.15, 0.2) is 17.3 Å². The lowest BCUT2D eigenvalue weighted by molar-refractivity contribution is 0.391. The molecule has 0 bridgehead atoms. The van der Waals surface area contributed by atoms with Crippen molar-refractivity contribution >= 4 is 7.69 Å². The van der Waals surface area contributed by atoms with E-state index in [0.717, 1.165) is 6.07 Å². The van der Waals surface area contributed by atoms with Crippen LogP contribution >= 0.6 is 0 Å². The summed E-state index contributed by atoms with van der Waals surface area (Å²) in [6.07, 6.45) is 0. The molecule has 0 atom stereocenters. The van der Waals surface area contributed by atoms with E-state index in [0.29, 0.717) is 0 Å². The van der Waals surface area contributed by atoms with Crippen molar-refractivity contribution in [1.29, 1.82) is 0 Å². The Kier molecular flexibility index (Phi) is 2.33. The molecule has 0 spiro atoms. The monoisotopic (exact) mass is 156 g/mol. The third-order valence-electron chi connectivity index (χ3n) is 1.16. The predicted octanol–water partition coefficient (Wildman–Crippen LogP) is 0.169. The van der Waals surface area contributed by atoms with Crippen molar-refractivity contribution in [3.8, 4) is 11.5 Å². The number of halogens is 1. The van der Waals surface area contributed by atoms with Gasteiger partial charge in [-0.2, -0.15) is 0 Å². The standard InChI is InChI=1S/C6H6BFO3/c8-4-2-1-3-5(9)6(4)11-7-10/h1-3,7,9-10H. The predicted molar refractivity (Wildman–Crippen MR) is 38.1 cm³/mol. The number of phenols is 1. The van der Waals surface area contributed by atoms with E-state index in [1.807, 2.05) is 0 Å². The van der Waals surface area contributed by atoms with E-state index < -0.39 is 13.5 Å². The summed E-state index contributed by atoms with van der Waals surface area (Å²) >= 11 is 0. The van der Waals surface area contributed by atoms with Crippen LogP contribution in [0.15, 0.2) is 18.2 Å². The molecule has 0 aliphatic carbocycles. The van der Waals surface area contributed by atoms with Gasteiger partial charge < -0.3 is 14.8 Å². The quantitative estimate of drug-likeness (QED) is 0.600. The molecule has 0 radical (unpaired) electrons. The highest BCUT2D eigenvalue weighted by Crippen LogP contribution is 2.27. The maximum atomic E-state index is 12.6. The van der Waals surface area contributed by atoms with Gasteiger partial charge in [-0.15, -0.1) is 0 Å². The fraction of sp³-hybridized carbons (Fsp3) is 0. The second-order valence-electron chi connectivity index (χ2n) is 1.86. The minimum atomic E-state index is -0.695. The Morgan fingerprint density at radius 1 is 1.45 bits per heavy atom. The van der Waals surface area contributed by atoms with Crippen LogP contribution in [0, 0.1) is 5.82 Å². The summed E-state index contributed by atoms with van der Waals surface area (Å²) < 4.78 is 17.0. The van der Waals surface area contributed by atoms with Gasteiger partial charge in [-0.3, -0.25) is 0 Å². The normalized spacial score (nSPS) is 9.27. The van der Waals surface area contributed by atoms with Gasteiger partial charge in [0.25, 0.3) is 0 Å². The second-order valence-corrected chi connectivity index (χ2v) is 1.86. The Labute approximate surface area is 63.4 Å². The Morgan fingerprint density at radius 2 is 2.18 bits per heavy atom. The number of phenolic OH excluding ortho intramolecular Hbond substituents is 1. The molecular formula is C6H6BFO3. The molecule has 2 N–H and O–H groups in total. The Hall–Kier alpha value is -1.23. The zero-order valence-electron chi connectivity index (χ0n) is 5.62. The van der Waals surface area contributed by atoms with E-state index in [9.17, 15) is 4.39 Å². The first-order valence-corrected chi connectivity index (χ1v) is 2.97. The van der Waals surface area contributed by atoms with Gasteiger partial charge in [0.2, 0.25) is 0 Å². The van der Waals surface area contributed by atoms with Gasteiger partial charge in [-0.05, 0) is 12.1 Å². The first-order chi connectivity index (χ1) is 5.25. The molecule has 0 aromatic heterocycles. The highest BCUT2D eigenvalue weighted by atomic mass is 19.1. The molecule has 1 aromatic carbocycles. The van der Waals surface area contributed by atoms with Crippen LogP contribution < -0.4 is 4.65 Å².